The van der Waals surface area contributed by atoms with E-state index in [1.807, 2.05) is 0 Å². The van der Waals surface area contributed by atoms with Crippen LogP contribution in [0.25, 0.3) is 0 Å². The first-order valence-corrected chi connectivity index (χ1v) is 13.1. The minimum atomic E-state index is -2.89. The van der Waals surface area contributed by atoms with E-state index in [0.29, 0.717) is 32.5 Å². The summed E-state index contributed by atoms with van der Waals surface area (Å²) in [6.45, 7) is 1.60. The van der Waals surface area contributed by atoms with Gasteiger partial charge in [-0.3, -0.25) is 34.1 Å². The number of anilines is 1. The van der Waals surface area contributed by atoms with Crippen LogP contribution in [0.4, 0.5) is 19.3 Å². The van der Waals surface area contributed by atoms with Crippen LogP contribution in [0.15, 0.2) is 41.5 Å². The van der Waals surface area contributed by atoms with Crippen molar-refractivity contribution in [2.75, 3.05) is 25.0 Å². The number of nitrogens with one attached hydrogen (secondary N) is 2. The number of carbonyl (C=O) groups excluding carboxylic acids is 5. The quantitative estimate of drug-likeness (QED) is 0.398. The Bertz CT molecular complexity index is 1580. The number of carbonyl (C=O) groups is 5. The molecule has 0 radical (unpaired) electrons. The van der Waals surface area contributed by atoms with E-state index in [1.165, 1.54) is 10.9 Å². The number of oxazole rings is 1. The SMILES string of the molecule is O=C1CCN(N2C(=O)c3ccc(CN4CCC(n5cc(NC(=O)c6cocn6)c(C(F)F)n5)CC4)cc3C2=O)C(=O)N1. The number of aromatic nitrogens is 3. The second-order valence-electron chi connectivity index (χ2n) is 10.1. The van der Waals surface area contributed by atoms with Gasteiger partial charge in [0.15, 0.2) is 17.8 Å². The molecule has 2 fully saturated rings. The Balaban J connectivity index is 1.09. The highest BCUT2D eigenvalue weighted by atomic mass is 19.3. The number of likely N-dealkylation sites (tertiary alicyclic amines) is 1. The van der Waals surface area contributed by atoms with Crippen molar-refractivity contribution in [3.8, 4) is 0 Å². The number of hydrogen-bond acceptors (Lipinski definition) is 9. The number of benzene rings is 1. The van der Waals surface area contributed by atoms with E-state index in [2.05, 4.69) is 25.6 Å². The Hall–Kier alpha value is -4.99. The van der Waals surface area contributed by atoms with E-state index in [9.17, 15) is 32.8 Å². The Kier molecular flexibility index (Phi) is 6.97. The molecule has 6 amide bonds. The molecule has 3 aliphatic heterocycles. The number of imide groups is 2. The van der Waals surface area contributed by atoms with E-state index >= 15 is 0 Å². The predicted molar refractivity (Wildman–Crippen MR) is 137 cm³/mol. The van der Waals surface area contributed by atoms with Gasteiger partial charge in [-0.2, -0.15) is 10.1 Å². The monoisotopic (exact) mass is 582 g/mol. The van der Waals surface area contributed by atoms with E-state index in [1.54, 1.807) is 18.2 Å². The van der Waals surface area contributed by atoms with Gasteiger partial charge in [0.05, 0.1) is 29.4 Å². The Morgan fingerprint density at radius 1 is 1.10 bits per heavy atom. The number of alkyl halides is 2. The molecule has 218 valence electrons. The van der Waals surface area contributed by atoms with Crippen molar-refractivity contribution in [3.05, 3.63) is 65.1 Å². The van der Waals surface area contributed by atoms with Gasteiger partial charge in [-0.05, 0) is 30.5 Å². The lowest BCUT2D eigenvalue weighted by Crippen LogP contribution is -2.58. The third kappa shape index (κ3) is 5.00. The fourth-order valence-corrected chi connectivity index (χ4v) is 5.30. The highest BCUT2D eigenvalue weighted by Gasteiger charge is 2.43. The zero-order valence-corrected chi connectivity index (χ0v) is 22.0. The van der Waals surface area contributed by atoms with Gasteiger partial charge in [0.25, 0.3) is 24.1 Å². The van der Waals surface area contributed by atoms with Crippen LogP contribution in [0.5, 0.6) is 0 Å². The van der Waals surface area contributed by atoms with Crippen LogP contribution in [-0.2, 0) is 11.3 Å². The van der Waals surface area contributed by atoms with Crippen LogP contribution >= 0.6 is 0 Å². The molecule has 3 aromatic rings. The van der Waals surface area contributed by atoms with Crippen LogP contribution in [0.1, 0.15) is 74.2 Å². The molecule has 2 aromatic heterocycles. The van der Waals surface area contributed by atoms with Crippen LogP contribution in [-0.4, -0.2) is 79.0 Å². The third-order valence-corrected chi connectivity index (χ3v) is 7.42. The zero-order chi connectivity index (χ0) is 29.5. The number of hydrazine groups is 1. The fraction of sp³-hybridized carbons (Fsp3) is 0.346. The van der Waals surface area contributed by atoms with Crippen molar-refractivity contribution >= 4 is 35.3 Å². The van der Waals surface area contributed by atoms with E-state index < -0.39 is 41.8 Å². The lowest BCUT2D eigenvalue weighted by molar-refractivity contribution is -0.122. The lowest BCUT2D eigenvalue weighted by Gasteiger charge is -2.32. The molecule has 3 aliphatic rings. The van der Waals surface area contributed by atoms with Gasteiger partial charge in [-0.15, -0.1) is 0 Å². The van der Waals surface area contributed by atoms with Gasteiger partial charge < -0.3 is 9.73 Å². The summed E-state index contributed by atoms with van der Waals surface area (Å²) in [6.07, 6.45) is 1.84. The van der Waals surface area contributed by atoms with Gasteiger partial charge in [0.2, 0.25) is 5.91 Å². The first kappa shape index (κ1) is 27.2. The van der Waals surface area contributed by atoms with Gasteiger partial charge in [0.1, 0.15) is 6.26 Å². The minimum absolute atomic E-state index is 0.0267. The number of amides is 6. The molecule has 1 aromatic carbocycles. The first-order valence-electron chi connectivity index (χ1n) is 13.1. The summed E-state index contributed by atoms with van der Waals surface area (Å²) < 4.78 is 33.5. The van der Waals surface area contributed by atoms with Gasteiger partial charge >= 0.3 is 6.03 Å². The Labute approximate surface area is 236 Å². The molecule has 42 heavy (non-hydrogen) atoms. The molecule has 0 saturated carbocycles. The van der Waals surface area contributed by atoms with Crippen molar-refractivity contribution in [1.29, 1.82) is 0 Å². The standard InChI is InChI=1S/C26H24F2N8O6/c27-22(28)21-18(30-23(38)19-12-42-13-29-19)11-34(32-21)15-3-6-33(7-4-15)10-14-1-2-16-17(9-14)25(40)36(24(16)39)35-8-5-20(37)31-26(35)41/h1-2,9,11-13,15,22H,3-8,10H2,(H,30,38)(H,31,37,41). The molecule has 5 heterocycles. The van der Waals surface area contributed by atoms with Crippen LogP contribution in [0.2, 0.25) is 0 Å². The lowest BCUT2D eigenvalue weighted by atomic mass is 10.0. The van der Waals surface area contributed by atoms with Crippen molar-refractivity contribution in [2.24, 2.45) is 0 Å². The zero-order valence-electron chi connectivity index (χ0n) is 22.0. The summed E-state index contributed by atoms with van der Waals surface area (Å²) in [7, 11) is 0. The van der Waals surface area contributed by atoms with Crippen LogP contribution in [0, 0.1) is 0 Å². The molecule has 6 rings (SSSR count). The molecule has 0 unspecified atom stereocenters. The number of hydrogen-bond donors (Lipinski definition) is 2. The molecule has 0 bridgehead atoms. The highest BCUT2D eigenvalue weighted by molar-refractivity contribution is 6.22. The maximum atomic E-state index is 13.7. The predicted octanol–water partition coefficient (Wildman–Crippen LogP) is 2.35. The Morgan fingerprint density at radius 2 is 1.86 bits per heavy atom. The number of urea groups is 1. The number of nitrogens with zero attached hydrogens (tertiary/aromatic N) is 6. The maximum Gasteiger partial charge on any atom is 0.343 e. The second kappa shape index (κ2) is 10.8. The smallest absolute Gasteiger partial charge is 0.343 e. The van der Waals surface area contributed by atoms with Gasteiger partial charge in [-0.1, -0.05) is 6.07 Å². The molecular formula is C26H24F2N8O6. The summed E-state index contributed by atoms with van der Waals surface area (Å²) >= 11 is 0. The average molecular weight is 583 g/mol. The van der Waals surface area contributed by atoms with Gasteiger partial charge in [0, 0.05) is 32.3 Å². The van der Waals surface area contributed by atoms with Crippen molar-refractivity contribution < 1.29 is 37.2 Å². The normalized spacial score (nSPS) is 18.2. The molecule has 0 spiro atoms. The summed E-state index contributed by atoms with van der Waals surface area (Å²) in [5.74, 6) is -2.44. The molecule has 2 saturated heterocycles. The molecule has 0 aliphatic carbocycles. The highest BCUT2D eigenvalue weighted by Crippen LogP contribution is 2.31. The number of piperidine rings is 1. The Morgan fingerprint density at radius 3 is 2.55 bits per heavy atom. The summed E-state index contributed by atoms with van der Waals surface area (Å²) in [5, 5.41) is 10.3. The molecule has 16 heteroatoms. The molecule has 14 nitrogen and oxygen atoms in total. The largest absolute Gasteiger partial charge is 0.451 e. The molecule has 2 N–H and O–H groups in total. The van der Waals surface area contributed by atoms with Crippen molar-refractivity contribution in [3.63, 3.8) is 0 Å². The first-order chi connectivity index (χ1) is 20.2. The summed E-state index contributed by atoms with van der Waals surface area (Å²) in [5.41, 5.74) is 0.454. The topological polar surface area (TPSA) is 163 Å². The number of halogens is 2. The van der Waals surface area contributed by atoms with Crippen LogP contribution < -0.4 is 10.6 Å². The average Bonchev–Trinajstić information content (AvgIpc) is 3.70. The van der Waals surface area contributed by atoms with E-state index in [4.69, 9.17) is 4.42 Å². The second-order valence-corrected chi connectivity index (χ2v) is 10.1. The van der Waals surface area contributed by atoms with Crippen LogP contribution in [0.3, 0.4) is 0 Å². The maximum absolute atomic E-state index is 13.7. The minimum Gasteiger partial charge on any atom is -0.451 e. The third-order valence-electron chi connectivity index (χ3n) is 7.42. The van der Waals surface area contributed by atoms with E-state index in [-0.39, 0.29) is 41.5 Å². The summed E-state index contributed by atoms with van der Waals surface area (Å²) in [4.78, 5) is 67.8. The van der Waals surface area contributed by atoms with Gasteiger partial charge in [-0.25, -0.2) is 23.6 Å². The number of fused-ring (bicyclic) bond motifs is 1. The van der Waals surface area contributed by atoms with Crippen molar-refractivity contribution in [1.82, 2.24) is 35.0 Å². The van der Waals surface area contributed by atoms with E-state index in [0.717, 1.165) is 28.2 Å². The summed E-state index contributed by atoms with van der Waals surface area (Å²) in [6, 6.07) is 3.92. The van der Waals surface area contributed by atoms with Crippen molar-refractivity contribution in [2.45, 2.75) is 38.3 Å². The fourth-order valence-electron chi connectivity index (χ4n) is 5.30. The number of rotatable bonds is 7. The molecular weight excluding hydrogens is 558 g/mol. The molecule has 0 atom stereocenters.